The zero-order valence-electron chi connectivity index (χ0n) is 6.57. The molecule has 0 aromatic carbocycles. The quantitative estimate of drug-likeness (QED) is 0.449. The molecule has 0 aliphatic carbocycles. The number of nitrogens with zero attached hydrogens (tertiary/aromatic N) is 2. The molecule has 1 aromatic rings. The predicted molar refractivity (Wildman–Crippen MR) is 38.9 cm³/mol. The van der Waals surface area contributed by atoms with Crippen LogP contribution in [0.15, 0.2) is 9.41 Å². The van der Waals surface area contributed by atoms with E-state index in [1.807, 2.05) is 0 Å². The Morgan fingerprint density at radius 1 is 1.58 bits per heavy atom. The van der Waals surface area contributed by atoms with Crippen molar-refractivity contribution >= 4 is 19.8 Å². The summed E-state index contributed by atoms with van der Waals surface area (Å²) in [6.45, 7) is 2.23. The molecule has 3 radical (unpaired) electrons. The van der Waals surface area contributed by atoms with Gasteiger partial charge in [-0.1, -0.05) is 18.8 Å². The Balaban J connectivity index is 0.000000209. The summed E-state index contributed by atoms with van der Waals surface area (Å²) in [5.74, 6) is 0.553. The van der Waals surface area contributed by atoms with Gasteiger partial charge < -0.3 is 19.1 Å². The molecular formula is C6H5BN2O2Y-2. The van der Waals surface area contributed by atoms with Gasteiger partial charge in [-0.25, -0.2) is 0 Å². The van der Waals surface area contributed by atoms with Crippen molar-refractivity contribution in [1.82, 2.24) is 4.98 Å². The minimum Gasteiger partial charge on any atom is -0.661 e. The number of ether oxygens (including phenoxy) is 1. The summed E-state index contributed by atoms with van der Waals surface area (Å²) in [7, 11) is 5.12. The molecule has 0 unspecified atom stereocenters. The van der Waals surface area contributed by atoms with E-state index in [-0.39, 0.29) is 32.7 Å². The Kier molecular flexibility index (Phi) is 6.29. The Labute approximate surface area is 97.1 Å². The van der Waals surface area contributed by atoms with Gasteiger partial charge in [-0.05, 0) is 0 Å². The fourth-order valence-electron chi connectivity index (χ4n) is 0.406. The summed E-state index contributed by atoms with van der Waals surface area (Å²) in [6.07, 6.45) is 4.60. The molecule has 12 heavy (non-hydrogen) atoms. The molecule has 1 aliphatic rings. The number of aromatic nitrogens is 1. The molecule has 4 nitrogen and oxygen atoms in total. The number of aliphatic imine (C=N–C) groups is 1. The summed E-state index contributed by atoms with van der Waals surface area (Å²) in [5.41, 5.74) is 0.317. The second-order valence-corrected chi connectivity index (χ2v) is 1.74. The second-order valence-electron chi connectivity index (χ2n) is 1.74. The molecule has 0 saturated heterocycles. The van der Waals surface area contributed by atoms with E-state index in [1.54, 1.807) is 6.92 Å². The van der Waals surface area contributed by atoms with Crippen LogP contribution in [0.2, 0.25) is 0 Å². The van der Waals surface area contributed by atoms with Crippen LogP contribution in [-0.4, -0.2) is 26.0 Å². The Morgan fingerprint density at radius 2 is 2.08 bits per heavy atom. The fourth-order valence-corrected chi connectivity index (χ4v) is 0.406. The van der Waals surface area contributed by atoms with E-state index in [0.29, 0.717) is 18.2 Å². The monoisotopic (exact) mass is 237 g/mol. The third-order valence-electron chi connectivity index (χ3n) is 0.839. The van der Waals surface area contributed by atoms with Gasteiger partial charge >= 0.3 is 0 Å². The third kappa shape index (κ3) is 4.67. The van der Waals surface area contributed by atoms with Crippen molar-refractivity contribution in [2.24, 2.45) is 4.99 Å². The van der Waals surface area contributed by atoms with Gasteiger partial charge in [-0.3, -0.25) is 0 Å². The topological polar surface area (TPSA) is 47.6 Å². The number of aryl methyl sites for hydroxylation is 1. The van der Waals surface area contributed by atoms with E-state index in [4.69, 9.17) is 7.85 Å². The molecule has 2 heterocycles. The van der Waals surface area contributed by atoms with Crippen molar-refractivity contribution in [3.63, 3.8) is 0 Å². The van der Waals surface area contributed by atoms with E-state index in [1.165, 1.54) is 0 Å². The van der Waals surface area contributed by atoms with E-state index in [2.05, 4.69) is 31.8 Å². The SMILES string of the molecule is [B]c1[c-]oc(C)n1.[C-]1=NCO1.[Y]. The van der Waals surface area contributed by atoms with E-state index >= 15 is 0 Å². The number of rotatable bonds is 0. The summed E-state index contributed by atoms with van der Waals surface area (Å²) >= 11 is 0. The summed E-state index contributed by atoms with van der Waals surface area (Å²) in [4.78, 5) is 7.11. The van der Waals surface area contributed by atoms with Gasteiger partial charge in [0.15, 0.2) is 0 Å². The van der Waals surface area contributed by atoms with Crippen LogP contribution in [0.3, 0.4) is 0 Å². The normalized spacial score (nSPS) is 11.4. The van der Waals surface area contributed by atoms with Crippen LogP contribution in [-0.2, 0) is 37.4 Å². The first-order chi connectivity index (χ1) is 5.29. The van der Waals surface area contributed by atoms with Gasteiger partial charge in [0.2, 0.25) is 0 Å². The first kappa shape index (κ1) is 11.8. The molecule has 0 bridgehead atoms. The molecule has 0 saturated carbocycles. The van der Waals surface area contributed by atoms with Crippen molar-refractivity contribution in [2.45, 2.75) is 6.92 Å². The van der Waals surface area contributed by atoms with E-state index < -0.39 is 0 Å². The molecule has 2 rings (SSSR count). The minimum atomic E-state index is 0. The third-order valence-corrected chi connectivity index (χ3v) is 0.839. The number of hydrogen-bond acceptors (Lipinski definition) is 4. The molecular weight excluding hydrogens is 232 g/mol. The van der Waals surface area contributed by atoms with Crippen LogP contribution in [0, 0.1) is 13.2 Å². The minimum absolute atomic E-state index is 0. The number of hydrogen-bond donors (Lipinski definition) is 0. The van der Waals surface area contributed by atoms with Crippen molar-refractivity contribution in [1.29, 1.82) is 0 Å². The Bertz CT molecular complexity index is 229. The van der Waals surface area contributed by atoms with Crippen molar-refractivity contribution < 1.29 is 41.9 Å². The maximum atomic E-state index is 5.12. The van der Waals surface area contributed by atoms with Crippen molar-refractivity contribution in [3.8, 4) is 0 Å². The predicted octanol–water partition coefficient (Wildman–Crippen LogP) is -0.546. The smallest absolute Gasteiger partial charge is 0.114 e. The van der Waals surface area contributed by atoms with Crippen molar-refractivity contribution in [3.05, 3.63) is 12.2 Å². The van der Waals surface area contributed by atoms with Crippen LogP contribution in [0.1, 0.15) is 5.89 Å². The maximum absolute atomic E-state index is 5.12. The Morgan fingerprint density at radius 3 is 2.17 bits per heavy atom. The second kappa shape index (κ2) is 6.37. The molecule has 0 atom stereocenters. The van der Waals surface area contributed by atoms with Gasteiger partial charge in [0.05, 0.1) is 0 Å². The zero-order valence-corrected chi connectivity index (χ0v) is 9.41. The fraction of sp³-hybridized carbons (Fsp3) is 0.333. The van der Waals surface area contributed by atoms with Crippen LogP contribution in [0.4, 0.5) is 0 Å². The molecule has 1 aromatic heterocycles. The van der Waals surface area contributed by atoms with Gasteiger partial charge in [0.1, 0.15) is 14.6 Å². The van der Waals surface area contributed by atoms with Crippen LogP contribution in [0.5, 0.6) is 0 Å². The maximum Gasteiger partial charge on any atom is 0.114 e. The Hall–Kier alpha value is -0.151. The van der Waals surface area contributed by atoms with Crippen LogP contribution in [0.25, 0.3) is 0 Å². The summed E-state index contributed by atoms with van der Waals surface area (Å²) < 4.78 is 8.91. The van der Waals surface area contributed by atoms with Gasteiger partial charge in [0.25, 0.3) is 0 Å². The van der Waals surface area contributed by atoms with E-state index in [9.17, 15) is 0 Å². The molecule has 1 aliphatic heterocycles. The molecule has 0 amide bonds. The molecule has 59 valence electrons. The zero-order chi connectivity index (χ0) is 8.10. The largest absolute Gasteiger partial charge is 0.661 e. The van der Waals surface area contributed by atoms with Gasteiger partial charge in [-0.15, -0.1) is 0 Å². The average Bonchev–Trinajstić information content (AvgIpc) is 2.09. The van der Waals surface area contributed by atoms with Gasteiger partial charge in [-0.2, -0.15) is 6.40 Å². The molecule has 0 N–H and O–H groups in total. The molecule has 6 heteroatoms. The average molecular weight is 237 g/mol. The van der Waals surface area contributed by atoms with Crippen molar-refractivity contribution in [2.75, 3.05) is 6.73 Å². The van der Waals surface area contributed by atoms with Crippen LogP contribution < -0.4 is 5.59 Å². The standard InChI is InChI=1S/C4H3BNO.C2H2NO.Y/c1-3-6-4(5)2-7-3;1-3-2-4-1;/h1H3;1H2;/q2*-1;. The molecule has 0 spiro atoms. The summed E-state index contributed by atoms with van der Waals surface area (Å²) in [5, 5.41) is 0. The first-order valence-corrected chi connectivity index (χ1v) is 2.93. The summed E-state index contributed by atoms with van der Waals surface area (Å²) in [6, 6.07) is 0. The van der Waals surface area contributed by atoms with Crippen LogP contribution >= 0.6 is 0 Å². The first-order valence-electron chi connectivity index (χ1n) is 2.93. The molecule has 0 fully saturated rings. The van der Waals surface area contributed by atoms with E-state index in [0.717, 1.165) is 0 Å². The number of oxazole rings is 1. The van der Waals surface area contributed by atoms with Gasteiger partial charge in [0, 0.05) is 38.6 Å².